The SMILES string of the molecule is CNC(C)c1ccc(OC)cc1OCCc1scnc1C. The number of benzene rings is 1. The second-order valence-corrected chi connectivity index (χ2v) is 5.81. The van der Waals surface area contributed by atoms with Gasteiger partial charge in [0.15, 0.2) is 0 Å². The molecule has 0 aliphatic rings. The maximum atomic E-state index is 5.99. The van der Waals surface area contributed by atoms with Crippen LogP contribution in [0.3, 0.4) is 0 Å². The molecule has 0 bridgehead atoms. The molecule has 0 saturated heterocycles. The first-order valence-corrected chi connectivity index (χ1v) is 7.90. The fourth-order valence-corrected chi connectivity index (χ4v) is 2.86. The maximum absolute atomic E-state index is 5.99. The first-order chi connectivity index (χ1) is 10.2. The molecular weight excluding hydrogens is 284 g/mol. The first kappa shape index (κ1) is 15.8. The lowest BCUT2D eigenvalue weighted by Gasteiger charge is -2.17. The Bertz CT molecular complexity index is 583. The van der Waals surface area contributed by atoms with E-state index in [1.165, 1.54) is 4.88 Å². The number of nitrogens with zero attached hydrogens (tertiary/aromatic N) is 1. The molecule has 1 aromatic heterocycles. The van der Waals surface area contributed by atoms with Gasteiger partial charge < -0.3 is 14.8 Å². The van der Waals surface area contributed by atoms with Crippen molar-refractivity contribution in [3.63, 3.8) is 0 Å². The van der Waals surface area contributed by atoms with E-state index in [0.717, 1.165) is 29.2 Å². The number of thiazole rings is 1. The van der Waals surface area contributed by atoms with E-state index >= 15 is 0 Å². The second-order valence-electron chi connectivity index (χ2n) is 4.87. The zero-order valence-corrected chi connectivity index (χ0v) is 13.8. The smallest absolute Gasteiger partial charge is 0.127 e. The van der Waals surface area contributed by atoms with Gasteiger partial charge in [-0.1, -0.05) is 6.07 Å². The van der Waals surface area contributed by atoms with Crippen molar-refractivity contribution in [3.8, 4) is 11.5 Å². The maximum Gasteiger partial charge on any atom is 0.127 e. The summed E-state index contributed by atoms with van der Waals surface area (Å²) in [5, 5.41) is 3.24. The molecule has 0 saturated carbocycles. The summed E-state index contributed by atoms with van der Waals surface area (Å²) in [7, 11) is 3.61. The lowest BCUT2D eigenvalue weighted by atomic mass is 10.1. The lowest BCUT2D eigenvalue weighted by molar-refractivity contribution is 0.313. The summed E-state index contributed by atoms with van der Waals surface area (Å²) < 4.78 is 11.3. The minimum atomic E-state index is 0.232. The van der Waals surface area contributed by atoms with Gasteiger partial charge in [0.05, 0.1) is 24.9 Å². The number of methoxy groups -OCH3 is 1. The molecule has 0 spiro atoms. The van der Waals surface area contributed by atoms with Crippen LogP contribution in [0.2, 0.25) is 0 Å². The van der Waals surface area contributed by atoms with Gasteiger partial charge in [0.2, 0.25) is 0 Å². The summed E-state index contributed by atoms with van der Waals surface area (Å²) in [5.74, 6) is 1.68. The molecule has 2 rings (SSSR count). The average Bonchev–Trinajstić information content (AvgIpc) is 2.91. The fraction of sp³-hybridized carbons (Fsp3) is 0.438. The Balaban J connectivity index is 2.08. The van der Waals surface area contributed by atoms with Gasteiger partial charge in [0, 0.05) is 29.0 Å². The molecule has 0 amide bonds. The Kier molecular flexibility index (Phi) is 5.59. The van der Waals surface area contributed by atoms with Crippen LogP contribution in [0.15, 0.2) is 23.7 Å². The van der Waals surface area contributed by atoms with E-state index in [0.29, 0.717) is 6.61 Å². The molecule has 0 aliphatic carbocycles. The monoisotopic (exact) mass is 306 g/mol. The lowest BCUT2D eigenvalue weighted by Crippen LogP contribution is -2.14. The first-order valence-electron chi connectivity index (χ1n) is 7.02. The summed E-state index contributed by atoms with van der Waals surface area (Å²) in [6.45, 7) is 4.79. The largest absolute Gasteiger partial charge is 0.497 e. The Morgan fingerprint density at radius 1 is 1.38 bits per heavy atom. The zero-order valence-electron chi connectivity index (χ0n) is 13.0. The van der Waals surface area contributed by atoms with Gasteiger partial charge in [-0.25, -0.2) is 4.98 Å². The summed E-state index contributed by atoms with van der Waals surface area (Å²) >= 11 is 1.68. The average molecular weight is 306 g/mol. The van der Waals surface area contributed by atoms with E-state index in [9.17, 15) is 0 Å². The van der Waals surface area contributed by atoms with Crippen LogP contribution in [0.5, 0.6) is 11.5 Å². The number of ether oxygens (including phenoxy) is 2. The predicted octanol–water partition coefficient (Wildman–Crippen LogP) is 3.36. The van der Waals surface area contributed by atoms with Gasteiger partial charge in [-0.05, 0) is 27.0 Å². The van der Waals surface area contributed by atoms with Gasteiger partial charge >= 0.3 is 0 Å². The number of hydrogen-bond donors (Lipinski definition) is 1. The molecule has 1 unspecified atom stereocenters. The highest BCUT2D eigenvalue weighted by molar-refractivity contribution is 7.09. The third-order valence-electron chi connectivity index (χ3n) is 3.55. The highest BCUT2D eigenvalue weighted by atomic mass is 32.1. The predicted molar refractivity (Wildman–Crippen MR) is 86.5 cm³/mol. The van der Waals surface area contributed by atoms with Gasteiger partial charge in [-0.2, -0.15) is 0 Å². The number of aryl methyl sites for hydroxylation is 1. The van der Waals surface area contributed by atoms with Crippen LogP contribution >= 0.6 is 11.3 Å². The zero-order chi connectivity index (χ0) is 15.2. The standard InChI is InChI=1S/C16H22N2O2S/c1-11(17-3)14-6-5-13(19-4)9-15(14)20-8-7-16-12(2)18-10-21-16/h5-6,9-11,17H,7-8H2,1-4H3. The van der Waals surface area contributed by atoms with Crippen LogP contribution < -0.4 is 14.8 Å². The van der Waals surface area contributed by atoms with Crippen molar-refractivity contribution in [3.05, 3.63) is 39.8 Å². The van der Waals surface area contributed by atoms with Crippen molar-refractivity contribution in [1.82, 2.24) is 10.3 Å². The molecule has 0 fully saturated rings. The molecule has 1 aromatic carbocycles. The van der Waals surface area contributed by atoms with Crippen LogP contribution in [0.1, 0.15) is 29.1 Å². The molecule has 2 aromatic rings. The van der Waals surface area contributed by atoms with E-state index in [1.807, 2.05) is 37.7 Å². The molecule has 114 valence electrons. The summed E-state index contributed by atoms with van der Waals surface area (Å²) in [5.41, 5.74) is 4.11. The van der Waals surface area contributed by atoms with Crippen LogP contribution in [0, 0.1) is 6.92 Å². The molecule has 1 heterocycles. The van der Waals surface area contributed by atoms with E-state index < -0.39 is 0 Å². The van der Waals surface area contributed by atoms with E-state index in [4.69, 9.17) is 9.47 Å². The van der Waals surface area contributed by atoms with Gasteiger partial charge in [0.1, 0.15) is 11.5 Å². The van der Waals surface area contributed by atoms with Gasteiger partial charge in [-0.15, -0.1) is 11.3 Å². The molecule has 1 atom stereocenters. The second kappa shape index (κ2) is 7.43. The Morgan fingerprint density at radius 2 is 2.19 bits per heavy atom. The van der Waals surface area contributed by atoms with E-state index in [2.05, 4.69) is 17.2 Å². The normalized spacial score (nSPS) is 12.2. The van der Waals surface area contributed by atoms with Crippen LogP contribution in [0.25, 0.3) is 0 Å². The van der Waals surface area contributed by atoms with Crippen molar-refractivity contribution >= 4 is 11.3 Å². The van der Waals surface area contributed by atoms with Crippen molar-refractivity contribution in [2.75, 3.05) is 20.8 Å². The fourth-order valence-electron chi connectivity index (χ4n) is 2.10. The Morgan fingerprint density at radius 3 is 2.81 bits per heavy atom. The third-order valence-corrected chi connectivity index (χ3v) is 4.55. The van der Waals surface area contributed by atoms with Gasteiger partial charge in [-0.3, -0.25) is 0 Å². The van der Waals surface area contributed by atoms with Crippen molar-refractivity contribution in [2.24, 2.45) is 0 Å². The molecule has 21 heavy (non-hydrogen) atoms. The molecule has 5 heteroatoms. The van der Waals surface area contributed by atoms with E-state index in [1.54, 1.807) is 18.4 Å². The number of rotatable bonds is 7. The van der Waals surface area contributed by atoms with E-state index in [-0.39, 0.29) is 6.04 Å². The van der Waals surface area contributed by atoms with Crippen LogP contribution in [-0.2, 0) is 6.42 Å². The molecule has 4 nitrogen and oxygen atoms in total. The molecular formula is C16H22N2O2S. The minimum absolute atomic E-state index is 0.232. The highest BCUT2D eigenvalue weighted by Gasteiger charge is 2.12. The Hall–Kier alpha value is -1.59. The summed E-state index contributed by atoms with van der Waals surface area (Å²) in [4.78, 5) is 5.54. The number of hydrogen-bond acceptors (Lipinski definition) is 5. The summed E-state index contributed by atoms with van der Waals surface area (Å²) in [6.07, 6.45) is 0.876. The van der Waals surface area contributed by atoms with Gasteiger partial charge in [0.25, 0.3) is 0 Å². The van der Waals surface area contributed by atoms with Crippen molar-refractivity contribution in [2.45, 2.75) is 26.3 Å². The minimum Gasteiger partial charge on any atom is -0.497 e. The molecule has 1 N–H and O–H groups in total. The van der Waals surface area contributed by atoms with Crippen molar-refractivity contribution in [1.29, 1.82) is 0 Å². The Labute approximate surface area is 130 Å². The van der Waals surface area contributed by atoms with Crippen LogP contribution in [0.4, 0.5) is 0 Å². The van der Waals surface area contributed by atoms with Crippen LogP contribution in [-0.4, -0.2) is 25.7 Å². The molecule has 0 aliphatic heterocycles. The topological polar surface area (TPSA) is 43.4 Å². The quantitative estimate of drug-likeness (QED) is 0.852. The summed E-state index contributed by atoms with van der Waals surface area (Å²) in [6, 6.07) is 6.19. The highest BCUT2D eigenvalue weighted by Crippen LogP contribution is 2.29. The molecule has 0 radical (unpaired) electrons. The van der Waals surface area contributed by atoms with Crippen molar-refractivity contribution < 1.29 is 9.47 Å². The number of nitrogens with one attached hydrogen (secondary N) is 1. The number of aromatic nitrogens is 1. The third kappa shape index (κ3) is 3.95.